The average molecular weight is 232 g/mol. The standard InChI is InChI=1S/C9H14ClN3O2/c1-6(11)9(14)8-7(10)5-12-13(8)3-4-15-2/h5-6H,3-4,11H2,1-2H3. The van der Waals surface area contributed by atoms with E-state index in [1.807, 2.05) is 0 Å². The van der Waals surface area contributed by atoms with Crippen LogP contribution >= 0.6 is 11.6 Å². The smallest absolute Gasteiger partial charge is 0.198 e. The van der Waals surface area contributed by atoms with Crippen LogP contribution in [0.25, 0.3) is 0 Å². The summed E-state index contributed by atoms with van der Waals surface area (Å²) in [6.45, 7) is 2.57. The van der Waals surface area contributed by atoms with E-state index in [2.05, 4.69) is 5.10 Å². The first kappa shape index (κ1) is 12.2. The van der Waals surface area contributed by atoms with Gasteiger partial charge in [0, 0.05) is 7.11 Å². The van der Waals surface area contributed by atoms with Crippen LogP contribution < -0.4 is 5.73 Å². The van der Waals surface area contributed by atoms with Crippen molar-refractivity contribution in [2.75, 3.05) is 13.7 Å². The van der Waals surface area contributed by atoms with Crippen LogP contribution in [0.15, 0.2) is 6.20 Å². The summed E-state index contributed by atoms with van der Waals surface area (Å²) < 4.78 is 6.42. The number of ketones is 1. The molecule has 84 valence electrons. The molecule has 1 atom stereocenters. The Morgan fingerprint density at radius 2 is 2.47 bits per heavy atom. The zero-order valence-corrected chi connectivity index (χ0v) is 9.49. The molecule has 0 aliphatic heterocycles. The van der Waals surface area contributed by atoms with Gasteiger partial charge in [0.05, 0.1) is 30.4 Å². The molecule has 0 aromatic carbocycles. The number of nitrogens with zero attached hydrogens (tertiary/aromatic N) is 2. The van der Waals surface area contributed by atoms with Crippen LogP contribution in [0.4, 0.5) is 0 Å². The number of halogens is 1. The summed E-state index contributed by atoms with van der Waals surface area (Å²) in [5.74, 6) is -0.214. The van der Waals surface area contributed by atoms with E-state index in [-0.39, 0.29) is 5.78 Å². The number of nitrogens with two attached hydrogens (primary N) is 1. The SMILES string of the molecule is COCCn1ncc(Cl)c1C(=O)C(C)N. The number of ether oxygens (including phenoxy) is 1. The van der Waals surface area contributed by atoms with Crippen molar-refractivity contribution in [1.82, 2.24) is 9.78 Å². The summed E-state index contributed by atoms with van der Waals surface area (Å²) in [5, 5.41) is 4.31. The van der Waals surface area contributed by atoms with Crippen molar-refractivity contribution in [2.24, 2.45) is 5.73 Å². The highest BCUT2D eigenvalue weighted by Crippen LogP contribution is 2.16. The van der Waals surface area contributed by atoms with Crippen molar-refractivity contribution in [3.05, 3.63) is 16.9 Å². The summed E-state index contributed by atoms with van der Waals surface area (Å²) in [7, 11) is 1.58. The van der Waals surface area contributed by atoms with Crippen LogP contribution in [0.3, 0.4) is 0 Å². The lowest BCUT2D eigenvalue weighted by Gasteiger charge is -2.08. The first-order valence-corrected chi connectivity index (χ1v) is 4.95. The molecule has 0 amide bonds. The van der Waals surface area contributed by atoms with Gasteiger partial charge in [0.2, 0.25) is 0 Å². The molecule has 0 saturated heterocycles. The number of rotatable bonds is 5. The molecule has 2 N–H and O–H groups in total. The Bertz CT molecular complexity index is 349. The summed E-state index contributed by atoms with van der Waals surface area (Å²) in [5.41, 5.74) is 5.86. The van der Waals surface area contributed by atoms with E-state index < -0.39 is 6.04 Å². The number of hydrogen-bond acceptors (Lipinski definition) is 4. The van der Waals surface area contributed by atoms with Crippen LogP contribution in [0, 0.1) is 0 Å². The predicted molar refractivity (Wildman–Crippen MR) is 57.1 cm³/mol. The minimum atomic E-state index is -0.583. The monoisotopic (exact) mass is 231 g/mol. The normalized spacial score (nSPS) is 12.8. The Hall–Kier alpha value is -0.910. The number of carbonyl (C=O) groups is 1. The number of hydrogen-bond donors (Lipinski definition) is 1. The molecule has 1 heterocycles. The van der Waals surface area contributed by atoms with Gasteiger partial charge < -0.3 is 10.5 Å². The van der Waals surface area contributed by atoms with E-state index in [0.29, 0.717) is 23.9 Å². The fraction of sp³-hybridized carbons (Fsp3) is 0.556. The van der Waals surface area contributed by atoms with Crippen molar-refractivity contribution in [3.63, 3.8) is 0 Å². The maximum Gasteiger partial charge on any atom is 0.198 e. The van der Waals surface area contributed by atoms with Gasteiger partial charge in [-0.2, -0.15) is 5.10 Å². The molecule has 0 bridgehead atoms. The second-order valence-electron chi connectivity index (χ2n) is 3.21. The van der Waals surface area contributed by atoms with Gasteiger partial charge in [0.25, 0.3) is 0 Å². The van der Waals surface area contributed by atoms with E-state index in [1.165, 1.54) is 10.9 Å². The Balaban J connectivity index is 2.93. The summed E-state index contributed by atoms with van der Waals surface area (Å²) in [6, 6.07) is -0.583. The molecular weight excluding hydrogens is 218 g/mol. The molecule has 5 nitrogen and oxygen atoms in total. The van der Waals surface area contributed by atoms with Crippen molar-refractivity contribution < 1.29 is 9.53 Å². The first-order chi connectivity index (χ1) is 7.07. The van der Waals surface area contributed by atoms with Gasteiger partial charge in [-0.3, -0.25) is 9.48 Å². The molecule has 1 aromatic rings. The summed E-state index contributed by atoms with van der Waals surface area (Å²) in [6.07, 6.45) is 1.44. The van der Waals surface area contributed by atoms with Crippen molar-refractivity contribution in [2.45, 2.75) is 19.5 Å². The van der Waals surface area contributed by atoms with Gasteiger partial charge in [-0.1, -0.05) is 11.6 Å². The van der Waals surface area contributed by atoms with E-state index >= 15 is 0 Å². The number of carbonyl (C=O) groups excluding carboxylic acids is 1. The lowest BCUT2D eigenvalue weighted by Crippen LogP contribution is -2.29. The van der Waals surface area contributed by atoms with Crippen LogP contribution in [-0.2, 0) is 11.3 Å². The molecule has 0 spiro atoms. The van der Waals surface area contributed by atoms with Gasteiger partial charge in [0.15, 0.2) is 5.78 Å². The minimum absolute atomic E-state index is 0.214. The third-order valence-corrected chi connectivity index (χ3v) is 2.23. The van der Waals surface area contributed by atoms with E-state index in [9.17, 15) is 4.79 Å². The molecule has 6 heteroatoms. The molecule has 0 fully saturated rings. The molecule has 0 saturated carbocycles. The Morgan fingerprint density at radius 3 is 3.00 bits per heavy atom. The third-order valence-electron chi connectivity index (χ3n) is 1.95. The molecule has 0 aliphatic carbocycles. The Labute approximate surface area is 93.1 Å². The highest BCUT2D eigenvalue weighted by Gasteiger charge is 2.20. The zero-order chi connectivity index (χ0) is 11.4. The summed E-state index contributed by atoms with van der Waals surface area (Å²) >= 11 is 5.86. The molecule has 1 unspecified atom stereocenters. The van der Waals surface area contributed by atoms with E-state index in [0.717, 1.165) is 0 Å². The second-order valence-corrected chi connectivity index (χ2v) is 3.62. The van der Waals surface area contributed by atoms with Crippen molar-refractivity contribution in [1.29, 1.82) is 0 Å². The Morgan fingerprint density at radius 1 is 1.80 bits per heavy atom. The molecule has 15 heavy (non-hydrogen) atoms. The van der Waals surface area contributed by atoms with Crippen LogP contribution in [-0.4, -0.2) is 35.3 Å². The first-order valence-electron chi connectivity index (χ1n) is 4.58. The van der Waals surface area contributed by atoms with Gasteiger partial charge in [-0.25, -0.2) is 0 Å². The number of Topliss-reactive ketones (excluding diaryl/α,β-unsaturated/α-hetero) is 1. The highest BCUT2D eigenvalue weighted by molar-refractivity contribution is 6.33. The quantitative estimate of drug-likeness (QED) is 0.758. The van der Waals surface area contributed by atoms with Crippen LogP contribution in [0.5, 0.6) is 0 Å². The van der Waals surface area contributed by atoms with Crippen LogP contribution in [0.2, 0.25) is 5.02 Å². The van der Waals surface area contributed by atoms with Crippen molar-refractivity contribution >= 4 is 17.4 Å². The maximum atomic E-state index is 11.7. The molecule has 1 aromatic heterocycles. The molecule has 0 radical (unpaired) electrons. The van der Waals surface area contributed by atoms with E-state index in [1.54, 1.807) is 14.0 Å². The Kier molecular flexibility index (Phi) is 4.26. The summed E-state index contributed by atoms with van der Waals surface area (Å²) in [4.78, 5) is 11.7. The predicted octanol–water partition coefficient (Wildman–Crippen LogP) is 0.713. The fourth-order valence-corrected chi connectivity index (χ4v) is 1.40. The highest BCUT2D eigenvalue weighted by atomic mass is 35.5. The number of methoxy groups -OCH3 is 1. The van der Waals surface area contributed by atoms with Crippen LogP contribution in [0.1, 0.15) is 17.4 Å². The van der Waals surface area contributed by atoms with Gasteiger partial charge in [-0.15, -0.1) is 0 Å². The average Bonchev–Trinajstić information content (AvgIpc) is 2.55. The topological polar surface area (TPSA) is 70.1 Å². The van der Waals surface area contributed by atoms with Crippen molar-refractivity contribution in [3.8, 4) is 0 Å². The molecule has 1 rings (SSSR count). The molecule has 0 aliphatic rings. The minimum Gasteiger partial charge on any atom is -0.383 e. The maximum absolute atomic E-state index is 11.7. The second kappa shape index (κ2) is 5.25. The van der Waals surface area contributed by atoms with Gasteiger partial charge in [-0.05, 0) is 6.92 Å². The zero-order valence-electron chi connectivity index (χ0n) is 8.74. The number of aromatic nitrogens is 2. The lowest BCUT2D eigenvalue weighted by molar-refractivity contribution is 0.0954. The lowest BCUT2D eigenvalue weighted by atomic mass is 10.1. The van der Waals surface area contributed by atoms with Gasteiger partial charge >= 0.3 is 0 Å². The molecular formula is C9H14ClN3O2. The third kappa shape index (κ3) is 2.77. The fourth-order valence-electron chi connectivity index (χ4n) is 1.17. The van der Waals surface area contributed by atoms with E-state index in [4.69, 9.17) is 22.1 Å². The van der Waals surface area contributed by atoms with Gasteiger partial charge in [0.1, 0.15) is 5.69 Å². The largest absolute Gasteiger partial charge is 0.383 e.